The summed E-state index contributed by atoms with van der Waals surface area (Å²) in [5.74, 6) is 1.36. The molecule has 144 valence electrons. The molecule has 5 heteroatoms. The van der Waals surface area contributed by atoms with Crippen LogP contribution < -0.4 is 0 Å². The highest BCUT2D eigenvalue weighted by Gasteiger charge is 2.63. The number of aromatic amines is 1. The van der Waals surface area contributed by atoms with Crippen LogP contribution in [0.1, 0.15) is 24.8 Å². The predicted molar refractivity (Wildman–Crippen MR) is 106 cm³/mol. The zero-order chi connectivity index (χ0) is 18.6. The van der Waals surface area contributed by atoms with E-state index in [1.54, 1.807) is 0 Å². The predicted octanol–water partition coefficient (Wildman–Crippen LogP) is 2.67. The van der Waals surface area contributed by atoms with E-state index >= 15 is 0 Å². The van der Waals surface area contributed by atoms with Crippen molar-refractivity contribution in [2.45, 2.75) is 37.4 Å². The molecule has 3 saturated heterocycles. The third kappa shape index (κ3) is 2.79. The fourth-order valence-corrected chi connectivity index (χ4v) is 5.78. The van der Waals surface area contributed by atoms with E-state index in [2.05, 4.69) is 47.1 Å². The number of benzene rings is 1. The first kappa shape index (κ1) is 17.3. The summed E-state index contributed by atoms with van der Waals surface area (Å²) in [6.45, 7) is 2.74. The van der Waals surface area contributed by atoms with Gasteiger partial charge in [0.05, 0.1) is 18.2 Å². The van der Waals surface area contributed by atoms with Crippen LogP contribution in [0.2, 0.25) is 0 Å². The lowest BCUT2D eigenvalue weighted by atomic mass is 9.73. The molecule has 1 spiro atoms. The molecule has 3 aliphatic heterocycles. The molecule has 3 fully saturated rings. The summed E-state index contributed by atoms with van der Waals surface area (Å²) < 4.78 is 6.46. The topological polar surface area (TPSA) is 48.6 Å². The first-order valence-electron chi connectivity index (χ1n) is 10.2. The maximum absolute atomic E-state index is 13.0. The number of likely N-dealkylation sites (tertiary alicyclic amines) is 1. The normalized spacial score (nSPS) is 32.0. The lowest BCUT2D eigenvalue weighted by Gasteiger charge is -2.30. The highest BCUT2D eigenvalue weighted by Crippen LogP contribution is 2.55. The van der Waals surface area contributed by atoms with Gasteiger partial charge >= 0.3 is 0 Å². The SMILES string of the molecule is CN(C)C[C@H]1[C@H]2CN(C(=O)CCc3c[nH]c4ccccc34)C[C@]23CC[C@H]1O3. The molecule has 27 heavy (non-hydrogen) atoms. The highest BCUT2D eigenvalue weighted by molar-refractivity contribution is 5.84. The zero-order valence-corrected chi connectivity index (χ0v) is 16.3. The largest absolute Gasteiger partial charge is 0.369 e. The second-order valence-electron chi connectivity index (χ2n) is 8.93. The van der Waals surface area contributed by atoms with Gasteiger partial charge in [0.25, 0.3) is 0 Å². The van der Waals surface area contributed by atoms with E-state index < -0.39 is 0 Å². The van der Waals surface area contributed by atoms with E-state index in [1.807, 2.05) is 12.3 Å². The first-order valence-corrected chi connectivity index (χ1v) is 10.2. The van der Waals surface area contributed by atoms with Crippen molar-refractivity contribution in [3.63, 3.8) is 0 Å². The van der Waals surface area contributed by atoms with Crippen molar-refractivity contribution in [2.75, 3.05) is 33.7 Å². The Kier molecular flexibility index (Phi) is 4.06. The Hall–Kier alpha value is -1.85. The van der Waals surface area contributed by atoms with Gasteiger partial charge in [0.2, 0.25) is 5.91 Å². The van der Waals surface area contributed by atoms with Crippen molar-refractivity contribution in [3.05, 3.63) is 36.0 Å². The average Bonchev–Trinajstić information content (AvgIpc) is 3.39. The Labute approximate surface area is 160 Å². The van der Waals surface area contributed by atoms with Gasteiger partial charge in [0.1, 0.15) is 0 Å². The minimum Gasteiger partial charge on any atom is -0.369 e. The van der Waals surface area contributed by atoms with Gasteiger partial charge in [0.15, 0.2) is 0 Å². The Bertz CT molecular complexity index is 860. The van der Waals surface area contributed by atoms with Crippen LogP contribution >= 0.6 is 0 Å². The molecule has 4 atom stereocenters. The van der Waals surface area contributed by atoms with Crippen molar-refractivity contribution in [1.29, 1.82) is 0 Å². The van der Waals surface area contributed by atoms with Crippen LogP contribution in [-0.4, -0.2) is 66.1 Å². The van der Waals surface area contributed by atoms with Gasteiger partial charge in [-0.3, -0.25) is 4.79 Å². The van der Waals surface area contributed by atoms with Gasteiger partial charge in [-0.1, -0.05) is 18.2 Å². The monoisotopic (exact) mass is 367 g/mol. The molecule has 1 aromatic carbocycles. The van der Waals surface area contributed by atoms with E-state index in [4.69, 9.17) is 4.74 Å². The van der Waals surface area contributed by atoms with Crippen molar-refractivity contribution in [3.8, 4) is 0 Å². The molecule has 0 aliphatic carbocycles. The van der Waals surface area contributed by atoms with E-state index in [1.165, 1.54) is 10.9 Å². The smallest absolute Gasteiger partial charge is 0.223 e. The van der Waals surface area contributed by atoms with Crippen LogP contribution in [0.25, 0.3) is 10.9 Å². The number of amides is 1. The maximum atomic E-state index is 13.0. The zero-order valence-electron chi connectivity index (χ0n) is 16.3. The molecular formula is C22H29N3O2. The molecule has 5 rings (SSSR count). The van der Waals surface area contributed by atoms with E-state index in [0.717, 1.165) is 44.4 Å². The van der Waals surface area contributed by atoms with Gasteiger partial charge in [-0.2, -0.15) is 0 Å². The van der Waals surface area contributed by atoms with Crippen LogP contribution in [0.3, 0.4) is 0 Å². The number of hydrogen-bond donors (Lipinski definition) is 1. The average molecular weight is 367 g/mol. The van der Waals surface area contributed by atoms with Crippen molar-refractivity contribution in [1.82, 2.24) is 14.8 Å². The number of ether oxygens (including phenoxy) is 1. The summed E-state index contributed by atoms with van der Waals surface area (Å²) in [5, 5.41) is 1.23. The summed E-state index contributed by atoms with van der Waals surface area (Å²) in [5.41, 5.74) is 2.33. The van der Waals surface area contributed by atoms with E-state index in [0.29, 0.717) is 24.4 Å². The van der Waals surface area contributed by atoms with E-state index in [-0.39, 0.29) is 11.5 Å². The summed E-state index contributed by atoms with van der Waals surface area (Å²) in [6.07, 6.45) is 6.10. The molecule has 2 aromatic rings. The van der Waals surface area contributed by atoms with Crippen LogP contribution in [-0.2, 0) is 16.0 Å². The Morgan fingerprint density at radius 1 is 1.37 bits per heavy atom. The maximum Gasteiger partial charge on any atom is 0.223 e. The Balaban J connectivity index is 1.26. The number of H-pyrrole nitrogens is 1. The third-order valence-corrected chi connectivity index (χ3v) is 7.00. The molecule has 1 amide bonds. The molecule has 1 N–H and O–H groups in total. The van der Waals surface area contributed by atoms with Gasteiger partial charge in [-0.05, 0) is 45.0 Å². The second kappa shape index (κ2) is 6.35. The molecule has 5 nitrogen and oxygen atoms in total. The van der Waals surface area contributed by atoms with E-state index in [9.17, 15) is 4.79 Å². The van der Waals surface area contributed by atoms with Gasteiger partial charge in [-0.25, -0.2) is 0 Å². The molecular weight excluding hydrogens is 338 g/mol. The molecule has 0 radical (unpaired) electrons. The van der Waals surface area contributed by atoms with Gasteiger partial charge in [-0.15, -0.1) is 0 Å². The van der Waals surface area contributed by atoms with Crippen molar-refractivity contribution in [2.24, 2.45) is 11.8 Å². The van der Waals surface area contributed by atoms with Gasteiger partial charge in [0, 0.05) is 48.4 Å². The fourth-order valence-electron chi connectivity index (χ4n) is 5.78. The Morgan fingerprint density at radius 2 is 2.22 bits per heavy atom. The minimum absolute atomic E-state index is 0.0538. The number of carbonyl (C=O) groups excluding carboxylic acids is 1. The number of aryl methyl sites for hydroxylation is 1. The Morgan fingerprint density at radius 3 is 3.07 bits per heavy atom. The molecule has 3 aliphatic rings. The number of nitrogens with one attached hydrogen (secondary N) is 1. The number of para-hydroxylation sites is 1. The van der Waals surface area contributed by atoms with Gasteiger partial charge < -0.3 is 19.5 Å². The van der Waals surface area contributed by atoms with Crippen molar-refractivity contribution >= 4 is 16.8 Å². The number of aromatic nitrogens is 1. The molecule has 4 heterocycles. The summed E-state index contributed by atoms with van der Waals surface area (Å²) in [6, 6.07) is 8.31. The standard InChI is InChI=1S/C22H29N3O2/c1-24(2)12-17-18-13-25(14-22(18)10-9-20(17)27-22)21(26)8-7-15-11-23-19-6-4-3-5-16(15)19/h3-6,11,17-18,20,23H,7-10,12-14H2,1-2H3/t17-,18+,20+,22+/m0/s1. The quantitative estimate of drug-likeness (QED) is 0.884. The summed E-state index contributed by atoms with van der Waals surface area (Å²) in [7, 11) is 4.27. The summed E-state index contributed by atoms with van der Waals surface area (Å²) >= 11 is 0. The van der Waals surface area contributed by atoms with Crippen LogP contribution in [0, 0.1) is 11.8 Å². The number of hydrogen-bond acceptors (Lipinski definition) is 3. The number of rotatable bonds is 5. The lowest BCUT2D eigenvalue weighted by molar-refractivity contribution is -0.131. The summed E-state index contributed by atoms with van der Waals surface area (Å²) in [4.78, 5) is 20.6. The van der Waals surface area contributed by atoms with Crippen LogP contribution in [0.5, 0.6) is 0 Å². The fraction of sp³-hybridized carbons (Fsp3) is 0.591. The van der Waals surface area contributed by atoms with Crippen LogP contribution in [0.15, 0.2) is 30.5 Å². The number of fused-ring (bicyclic) bond motifs is 2. The minimum atomic E-state index is -0.0538. The second-order valence-corrected chi connectivity index (χ2v) is 8.93. The number of carbonyl (C=O) groups is 1. The molecule has 2 bridgehead atoms. The molecule has 1 aromatic heterocycles. The van der Waals surface area contributed by atoms with Crippen molar-refractivity contribution < 1.29 is 9.53 Å². The highest BCUT2D eigenvalue weighted by atomic mass is 16.5. The lowest BCUT2D eigenvalue weighted by Crippen LogP contribution is -2.40. The number of nitrogens with zero attached hydrogens (tertiary/aromatic N) is 2. The first-order chi connectivity index (χ1) is 13.1. The molecule has 0 unspecified atom stereocenters. The van der Waals surface area contributed by atoms with Crippen LogP contribution in [0.4, 0.5) is 0 Å². The molecule has 0 saturated carbocycles. The third-order valence-electron chi connectivity index (χ3n) is 7.00.